The van der Waals surface area contributed by atoms with Gasteiger partial charge in [0.2, 0.25) is 6.79 Å². The van der Waals surface area contributed by atoms with E-state index in [-0.39, 0.29) is 6.79 Å². The normalized spacial score (nSPS) is 17.8. The molecule has 4 nitrogen and oxygen atoms in total. The van der Waals surface area contributed by atoms with Gasteiger partial charge in [-0.1, -0.05) is 30.3 Å². The third-order valence-corrected chi connectivity index (χ3v) is 4.12. The molecule has 0 saturated carbocycles. The molecule has 0 aromatic heterocycles. The quantitative estimate of drug-likeness (QED) is 0.939. The molecule has 0 amide bonds. The van der Waals surface area contributed by atoms with Crippen molar-refractivity contribution in [3.63, 3.8) is 0 Å². The van der Waals surface area contributed by atoms with Crippen LogP contribution < -0.4 is 9.47 Å². The van der Waals surface area contributed by atoms with Gasteiger partial charge in [0.1, 0.15) is 0 Å². The highest BCUT2D eigenvalue weighted by Gasteiger charge is 2.22. The molecule has 1 unspecified atom stereocenters. The fourth-order valence-electron chi connectivity index (χ4n) is 3.00. The highest BCUT2D eigenvalue weighted by Crippen LogP contribution is 2.34. The zero-order chi connectivity index (χ0) is 14.2. The van der Waals surface area contributed by atoms with E-state index in [4.69, 9.17) is 9.47 Å². The Morgan fingerprint density at radius 3 is 2.48 bits per heavy atom. The average Bonchev–Trinajstić information content (AvgIpc) is 3.11. The van der Waals surface area contributed by atoms with E-state index in [2.05, 4.69) is 29.2 Å². The lowest BCUT2D eigenvalue weighted by Crippen LogP contribution is -2.23. The van der Waals surface area contributed by atoms with Crippen molar-refractivity contribution in [3.8, 4) is 11.5 Å². The van der Waals surface area contributed by atoms with Gasteiger partial charge in [-0.15, -0.1) is 0 Å². The number of hydrogen-bond acceptors (Lipinski definition) is 4. The number of aliphatic hydroxyl groups excluding tert-OH is 1. The van der Waals surface area contributed by atoms with Crippen LogP contribution in [0.4, 0.5) is 0 Å². The van der Waals surface area contributed by atoms with Crippen LogP contribution >= 0.6 is 0 Å². The lowest BCUT2D eigenvalue weighted by Gasteiger charge is -2.19. The first-order valence-corrected chi connectivity index (χ1v) is 7.16. The number of ether oxygens (including phenoxy) is 2. The van der Waals surface area contributed by atoms with Crippen LogP contribution in [0.2, 0.25) is 0 Å². The van der Waals surface area contributed by atoms with Crippen molar-refractivity contribution in [2.24, 2.45) is 0 Å². The maximum Gasteiger partial charge on any atom is 0.231 e. The van der Waals surface area contributed by atoms with Gasteiger partial charge in [-0.25, -0.2) is 0 Å². The summed E-state index contributed by atoms with van der Waals surface area (Å²) in [5, 5.41) is 10.5. The predicted octanol–water partition coefficient (Wildman–Crippen LogP) is 2.46. The van der Waals surface area contributed by atoms with Crippen molar-refractivity contribution in [2.75, 3.05) is 13.3 Å². The summed E-state index contributed by atoms with van der Waals surface area (Å²) in [7, 11) is 0. The van der Waals surface area contributed by atoms with Crippen molar-refractivity contribution in [1.29, 1.82) is 0 Å². The van der Waals surface area contributed by atoms with E-state index in [9.17, 15) is 5.11 Å². The van der Waals surface area contributed by atoms with Crippen LogP contribution in [0.3, 0.4) is 0 Å². The molecule has 4 heteroatoms. The maximum atomic E-state index is 10.5. The van der Waals surface area contributed by atoms with Crippen LogP contribution in [0.15, 0.2) is 42.5 Å². The van der Waals surface area contributed by atoms with Crippen LogP contribution in [0, 0.1) is 0 Å². The molecule has 2 heterocycles. The Hall–Kier alpha value is -2.04. The molecule has 2 aliphatic heterocycles. The molecule has 1 atom stereocenters. The predicted molar refractivity (Wildman–Crippen MR) is 78.1 cm³/mol. The van der Waals surface area contributed by atoms with Gasteiger partial charge in [0.25, 0.3) is 0 Å². The van der Waals surface area contributed by atoms with Gasteiger partial charge in [-0.2, -0.15) is 0 Å². The zero-order valence-electron chi connectivity index (χ0n) is 11.7. The second-order valence-electron chi connectivity index (χ2n) is 5.57. The number of fused-ring (bicyclic) bond motifs is 2. The molecule has 2 aromatic carbocycles. The molecule has 0 radical (unpaired) electrons. The van der Waals surface area contributed by atoms with Gasteiger partial charge < -0.3 is 14.6 Å². The minimum Gasteiger partial charge on any atom is -0.454 e. The highest BCUT2D eigenvalue weighted by atomic mass is 16.7. The Bertz CT molecular complexity index is 646. The third-order valence-electron chi connectivity index (χ3n) is 4.12. The topological polar surface area (TPSA) is 41.9 Å². The SMILES string of the molecule is OC(CN1Cc2ccccc2C1)c1ccc2c(c1)OCO2. The summed E-state index contributed by atoms with van der Waals surface area (Å²) in [6.45, 7) is 2.68. The molecule has 21 heavy (non-hydrogen) atoms. The van der Waals surface area contributed by atoms with Gasteiger partial charge in [-0.3, -0.25) is 4.90 Å². The van der Waals surface area contributed by atoms with Gasteiger partial charge in [0.15, 0.2) is 11.5 Å². The summed E-state index contributed by atoms with van der Waals surface area (Å²) < 4.78 is 10.7. The molecule has 2 aliphatic rings. The molecule has 4 rings (SSSR count). The lowest BCUT2D eigenvalue weighted by atomic mass is 10.1. The van der Waals surface area contributed by atoms with E-state index in [1.165, 1.54) is 11.1 Å². The van der Waals surface area contributed by atoms with Crippen molar-refractivity contribution in [3.05, 3.63) is 59.2 Å². The first kappa shape index (κ1) is 12.7. The largest absolute Gasteiger partial charge is 0.454 e. The molecule has 0 aliphatic carbocycles. The molecule has 108 valence electrons. The van der Waals surface area contributed by atoms with Crippen molar-refractivity contribution in [1.82, 2.24) is 4.90 Å². The Labute approximate surface area is 123 Å². The number of hydrogen-bond donors (Lipinski definition) is 1. The minimum absolute atomic E-state index is 0.260. The Balaban J connectivity index is 1.46. The van der Waals surface area contributed by atoms with E-state index in [0.29, 0.717) is 6.54 Å². The Kier molecular flexibility index (Phi) is 3.05. The fraction of sp³-hybridized carbons (Fsp3) is 0.294. The summed E-state index contributed by atoms with van der Waals surface area (Å²) in [5.74, 6) is 1.47. The number of benzene rings is 2. The molecule has 0 fully saturated rings. The molecule has 2 aromatic rings. The minimum atomic E-state index is -0.520. The molecule has 0 bridgehead atoms. The molecule has 0 spiro atoms. The standard InChI is InChI=1S/C17H17NO3/c19-15(12-5-6-16-17(7-12)21-11-20-16)10-18-8-13-3-1-2-4-14(13)9-18/h1-7,15,19H,8-11H2. The smallest absolute Gasteiger partial charge is 0.231 e. The first-order chi connectivity index (χ1) is 10.3. The van der Waals surface area contributed by atoms with Crippen LogP contribution in [0.1, 0.15) is 22.8 Å². The number of aliphatic hydroxyl groups is 1. The van der Waals surface area contributed by atoms with E-state index in [0.717, 1.165) is 30.2 Å². The summed E-state index contributed by atoms with van der Waals surface area (Å²) in [6, 6.07) is 14.1. The van der Waals surface area contributed by atoms with Crippen LogP contribution in [-0.2, 0) is 13.1 Å². The summed E-state index contributed by atoms with van der Waals surface area (Å²) >= 11 is 0. The van der Waals surface area contributed by atoms with E-state index in [1.54, 1.807) is 0 Å². The molecule has 1 N–H and O–H groups in total. The molecule has 0 saturated heterocycles. The lowest BCUT2D eigenvalue weighted by molar-refractivity contribution is 0.112. The zero-order valence-corrected chi connectivity index (χ0v) is 11.7. The fourth-order valence-corrected chi connectivity index (χ4v) is 3.00. The number of β-amino-alcohol motifs (C(OH)–C–C–N with tert-alkyl or cyclic N) is 1. The van der Waals surface area contributed by atoms with E-state index < -0.39 is 6.10 Å². The van der Waals surface area contributed by atoms with E-state index in [1.807, 2.05) is 18.2 Å². The van der Waals surface area contributed by atoms with Crippen LogP contribution in [-0.4, -0.2) is 23.3 Å². The first-order valence-electron chi connectivity index (χ1n) is 7.16. The molecular weight excluding hydrogens is 266 g/mol. The van der Waals surface area contributed by atoms with Gasteiger partial charge >= 0.3 is 0 Å². The van der Waals surface area contributed by atoms with Gasteiger partial charge in [0.05, 0.1) is 6.10 Å². The average molecular weight is 283 g/mol. The van der Waals surface area contributed by atoms with Crippen molar-refractivity contribution in [2.45, 2.75) is 19.2 Å². The summed E-state index contributed by atoms with van der Waals surface area (Å²) in [4.78, 5) is 2.26. The van der Waals surface area contributed by atoms with Crippen LogP contribution in [0.5, 0.6) is 11.5 Å². The van der Waals surface area contributed by atoms with E-state index >= 15 is 0 Å². The summed E-state index contributed by atoms with van der Waals surface area (Å²) in [5.41, 5.74) is 3.58. The highest BCUT2D eigenvalue weighted by molar-refractivity contribution is 5.45. The second-order valence-corrected chi connectivity index (χ2v) is 5.57. The number of rotatable bonds is 3. The van der Waals surface area contributed by atoms with Gasteiger partial charge in [-0.05, 0) is 28.8 Å². The van der Waals surface area contributed by atoms with Crippen LogP contribution in [0.25, 0.3) is 0 Å². The Morgan fingerprint density at radius 2 is 1.71 bits per heavy atom. The monoisotopic (exact) mass is 283 g/mol. The van der Waals surface area contributed by atoms with Crippen molar-refractivity contribution >= 4 is 0 Å². The second kappa shape index (κ2) is 5.06. The molecular formula is C17H17NO3. The third kappa shape index (κ3) is 2.37. The Morgan fingerprint density at radius 1 is 1.00 bits per heavy atom. The number of nitrogens with zero attached hydrogens (tertiary/aromatic N) is 1. The van der Waals surface area contributed by atoms with Gasteiger partial charge in [0, 0.05) is 19.6 Å². The van der Waals surface area contributed by atoms with Crippen molar-refractivity contribution < 1.29 is 14.6 Å². The maximum absolute atomic E-state index is 10.5. The summed E-state index contributed by atoms with van der Waals surface area (Å²) in [6.07, 6.45) is -0.520.